The number of imidazole rings is 1. The topological polar surface area (TPSA) is 46.4 Å². The zero-order valence-electron chi connectivity index (χ0n) is 14.3. The number of hydrogen-bond donors (Lipinski definition) is 0. The van der Waals surface area contributed by atoms with Crippen molar-refractivity contribution >= 4 is 0 Å². The minimum atomic E-state index is 0.329. The number of aromatic nitrogens is 3. The van der Waals surface area contributed by atoms with Gasteiger partial charge in [0.25, 0.3) is 0 Å². The summed E-state index contributed by atoms with van der Waals surface area (Å²) in [6.45, 7) is 6.64. The second kappa shape index (κ2) is 7.01. The average molecular weight is 327 g/mol. The predicted octanol–water partition coefficient (Wildman–Crippen LogP) is 1.25. The average Bonchev–Trinajstić information content (AvgIpc) is 3.00. The zero-order valence-corrected chi connectivity index (χ0v) is 14.3. The van der Waals surface area contributed by atoms with Crippen molar-refractivity contribution in [1.29, 1.82) is 0 Å². The van der Waals surface area contributed by atoms with Gasteiger partial charge in [-0.2, -0.15) is 0 Å². The van der Waals surface area contributed by atoms with Gasteiger partial charge in [-0.25, -0.2) is 4.98 Å². The van der Waals surface area contributed by atoms with Gasteiger partial charge in [0.1, 0.15) is 0 Å². The molecular formula is C18H25N5O. The Morgan fingerprint density at radius 1 is 1.17 bits per heavy atom. The second-order valence-corrected chi connectivity index (χ2v) is 6.66. The summed E-state index contributed by atoms with van der Waals surface area (Å²) in [5, 5.41) is 0. The molecule has 2 aliphatic heterocycles. The highest BCUT2D eigenvalue weighted by atomic mass is 16.5. The first-order valence-corrected chi connectivity index (χ1v) is 8.75. The Balaban J connectivity index is 1.57. The third-order valence-corrected chi connectivity index (χ3v) is 5.11. The fourth-order valence-corrected chi connectivity index (χ4v) is 3.75. The van der Waals surface area contributed by atoms with Crippen LogP contribution < -0.4 is 0 Å². The van der Waals surface area contributed by atoms with Crippen LogP contribution in [0.15, 0.2) is 30.7 Å². The van der Waals surface area contributed by atoms with Gasteiger partial charge in [0.05, 0.1) is 37.0 Å². The molecule has 0 saturated carbocycles. The molecule has 0 amide bonds. The van der Waals surface area contributed by atoms with Gasteiger partial charge in [-0.3, -0.25) is 14.8 Å². The fourth-order valence-electron chi connectivity index (χ4n) is 3.75. The first kappa shape index (κ1) is 15.7. The number of rotatable bonds is 4. The molecule has 0 bridgehead atoms. The van der Waals surface area contributed by atoms with Crippen LogP contribution in [0, 0.1) is 0 Å². The molecule has 24 heavy (non-hydrogen) atoms. The van der Waals surface area contributed by atoms with Crippen molar-refractivity contribution in [2.24, 2.45) is 7.05 Å². The highest BCUT2D eigenvalue weighted by molar-refractivity contribution is 5.22. The smallest absolute Gasteiger partial charge is 0.0949 e. The Hall–Kier alpha value is -1.76. The van der Waals surface area contributed by atoms with Crippen molar-refractivity contribution in [3.8, 4) is 0 Å². The largest absolute Gasteiger partial charge is 0.379 e. The van der Waals surface area contributed by atoms with E-state index in [9.17, 15) is 0 Å². The molecule has 6 heteroatoms. The molecular weight excluding hydrogens is 302 g/mol. The Morgan fingerprint density at radius 3 is 2.83 bits per heavy atom. The minimum absolute atomic E-state index is 0.329. The molecule has 1 atom stereocenters. The number of ether oxygens (including phenoxy) is 1. The quantitative estimate of drug-likeness (QED) is 0.846. The molecule has 0 spiro atoms. The predicted molar refractivity (Wildman–Crippen MR) is 91.6 cm³/mol. The number of hydrogen-bond acceptors (Lipinski definition) is 5. The van der Waals surface area contributed by atoms with Crippen LogP contribution in [0.4, 0.5) is 0 Å². The van der Waals surface area contributed by atoms with E-state index in [1.165, 1.54) is 11.4 Å². The Morgan fingerprint density at radius 2 is 2.04 bits per heavy atom. The summed E-state index contributed by atoms with van der Waals surface area (Å²) < 4.78 is 7.68. The molecule has 0 radical (unpaired) electrons. The van der Waals surface area contributed by atoms with Crippen LogP contribution in [-0.4, -0.2) is 63.7 Å². The summed E-state index contributed by atoms with van der Waals surface area (Å²) in [6.07, 6.45) is 4.89. The summed E-state index contributed by atoms with van der Waals surface area (Å²) in [7, 11) is 2.10. The number of nitrogens with zero attached hydrogens (tertiary/aromatic N) is 5. The molecule has 0 N–H and O–H groups in total. The number of pyridine rings is 1. The maximum atomic E-state index is 5.50. The van der Waals surface area contributed by atoms with Crippen molar-refractivity contribution in [1.82, 2.24) is 24.3 Å². The standard InChI is InChI=1S/C18H25N5O/c1-21-14-20-18-16(21)5-7-23(12-15-4-2-3-6-19-15)17(18)13-22-8-10-24-11-9-22/h2-4,6,14,17H,5,7-13H2,1H3/t17-/m0/s1. The lowest BCUT2D eigenvalue weighted by atomic mass is 10.0. The van der Waals surface area contributed by atoms with Gasteiger partial charge in [-0.1, -0.05) is 6.07 Å². The lowest BCUT2D eigenvalue weighted by molar-refractivity contribution is 0.0186. The molecule has 2 aromatic heterocycles. The monoisotopic (exact) mass is 327 g/mol. The highest BCUT2D eigenvalue weighted by Gasteiger charge is 2.32. The van der Waals surface area contributed by atoms with Crippen molar-refractivity contribution in [2.75, 3.05) is 39.4 Å². The van der Waals surface area contributed by atoms with Crippen LogP contribution in [0.1, 0.15) is 23.1 Å². The van der Waals surface area contributed by atoms with Crippen LogP contribution in [0.2, 0.25) is 0 Å². The van der Waals surface area contributed by atoms with Gasteiger partial charge in [0, 0.05) is 58.1 Å². The van der Waals surface area contributed by atoms with Gasteiger partial charge >= 0.3 is 0 Å². The van der Waals surface area contributed by atoms with E-state index < -0.39 is 0 Å². The lowest BCUT2D eigenvalue weighted by Gasteiger charge is -2.39. The molecule has 2 aromatic rings. The number of aryl methyl sites for hydroxylation is 1. The minimum Gasteiger partial charge on any atom is -0.379 e. The number of morpholine rings is 1. The first-order valence-electron chi connectivity index (χ1n) is 8.75. The summed E-state index contributed by atoms with van der Waals surface area (Å²) in [5.41, 5.74) is 3.75. The van der Waals surface area contributed by atoms with Crippen molar-refractivity contribution in [3.05, 3.63) is 47.8 Å². The first-order chi connectivity index (χ1) is 11.8. The Kier molecular flexibility index (Phi) is 4.60. The van der Waals surface area contributed by atoms with Gasteiger partial charge in [-0.15, -0.1) is 0 Å². The molecule has 1 fully saturated rings. The second-order valence-electron chi connectivity index (χ2n) is 6.66. The summed E-state index contributed by atoms with van der Waals surface area (Å²) in [4.78, 5) is 14.3. The Bertz CT molecular complexity index is 665. The lowest BCUT2D eigenvalue weighted by Crippen LogP contribution is -2.45. The van der Waals surface area contributed by atoms with Crippen molar-refractivity contribution < 1.29 is 4.74 Å². The SMILES string of the molecule is Cn1cnc2c1CCN(Cc1ccccn1)[C@H]2CN1CCOCC1. The van der Waals surface area contributed by atoms with E-state index in [4.69, 9.17) is 9.72 Å². The molecule has 2 aliphatic rings. The summed E-state index contributed by atoms with van der Waals surface area (Å²) in [5.74, 6) is 0. The van der Waals surface area contributed by atoms with E-state index in [2.05, 4.69) is 38.5 Å². The molecule has 6 nitrogen and oxygen atoms in total. The van der Waals surface area contributed by atoms with Crippen LogP contribution in [0.5, 0.6) is 0 Å². The van der Waals surface area contributed by atoms with Gasteiger partial charge in [-0.05, 0) is 12.1 Å². The molecule has 128 valence electrons. The molecule has 4 heterocycles. The van der Waals surface area contributed by atoms with Crippen molar-refractivity contribution in [2.45, 2.75) is 19.0 Å². The molecule has 0 aromatic carbocycles. The molecule has 4 rings (SSSR count). The highest BCUT2D eigenvalue weighted by Crippen LogP contribution is 2.30. The van der Waals surface area contributed by atoms with Crippen LogP contribution >= 0.6 is 0 Å². The van der Waals surface area contributed by atoms with E-state index in [-0.39, 0.29) is 0 Å². The normalized spacial score (nSPS) is 22.5. The maximum absolute atomic E-state index is 5.50. The maximum Gasteiger partial charge on any atom is 0.0949 e. The Labute approximate surface area is 143 Å². The van der Waals surface area contributed by atoms with Crippen molar-refractivity contribution in [3.63, 3.8) is 0 Å². The number of fused-ring (bicyclic) bond motifs is 1. The van der Waals surface area contributed by atoms with E-state index >= 15 is 0 Å². The van der Waals surface area contributed by atoms with Crippen LogP contribution in [0.25, 0.3) is 0 Å². The zero-order chi connectivity index (χ0) is 16.4. The molecule has 0 aliphatic carbocycles. The van der Waals surface area contributed by atoms with Crippen LogP contribution in [-0.2, 0) is 24.8 Å². The van der Waals surface area contributed by atoms with E-state index in [1.54, 1.807) is 0 Å². The van der Waals surface area contributed by atoms with E-state index in [1.807, 2.05) is 18.6 Å². The summed E-state index contributed by atoms with van der Waals surface area (Å²) in [6, 6.07) is 6.48. The van der Waals surface area contributed by atoms with E-state index in [0.717, 1.165) is 58.1 Å². The molecule has 0 unspecified atom stereocenters. The molecule has 1 saturated heterocycles. The van der Waals surface area contributed by atoms with Crippen LogP contribution in [0.3, 0.4) is 0 Å². The van der Waals surface area contributed by atoms with Gasteiger partial charge < -0.3 is 9.30 Å². The fraction of sp³-hybridized carbons (Fsp3) is 0.556. The van der Waals surface area contributed by atoms with Gasteiger partial charge in [0.15, 0.2) is 0 Å². The van der Waals surface area contributed by atoms with Gasteiger partial charge in [0.2, 0.25) is 0 Å². The third kappa shape index (κ3) is 3.22. The third-order valence-electron chi connectivity index (χ3n) is 5.11. The van der Waals surface area contributed by atoms with E-state index in [0.29, 0.717) is 6.04 Å². The summed E-state index contributed by atoms with van der Waals surface area (Å²) >= 11 is 0.